The molecule has 0 aliphatic carbocycles. The van der Waals surface area contributed by atoms with E-state index in [0.717, 1.165) is 17.4 Å². The second-order valence-corrected chi connectivity index (χ2v) is 4.49. The summed E-state index contributed by atoms with van der Waals surface area (Å²) in [4.78, 5) is 28.5. The molecule has 6 nitrogen and oxygen atoms in total. The van der Waals surface area contributed by atoms with Crippen molar-refractivity contribution in [2.45, 2.75) is 32.9 Å². The third-order valence-corrected chi connectivity index (χ3v) is 3.12. The number of hydrogen-bond acceptors (Lipinski definition) is 3. The summed E-state index contributed by atoms with van der Waals surface area (Å²) < 4.78 is 4.48. The van der Waals surface area contributed by atoms with Crippen molar-refractivity contribution in [2.75, 3.05) is 0 Å². The maximum absolute atomic E-state index is 12.2. The number of rotatable bonds is 5. The minimum absolute atomic E-state index is 0.297. The first-order chi connectivity index (χ1) is 9.11. The highest BCUT2D eigenvalue weighted by Crippen LogP contribution is 2.07. The molecule has 0 saturated heterocycles. The van der Waals surface area contributed by atoms with Gasteiger partial charge < -0.3 is 4.57 Å². The highest BCUT2D eigenvalue weighted by molar-refractivity contribution is 5.70. The van der Waals surface area contributed by atoms with Gasteiger partial charge in [-0.3, -0.25) is 13.9 Å². The number of fused-ring (bicyclic) bond motifs is 1. The van der Waals surface area contributed by atoms with Crippen LogP contribution in [0.25, 0.3) is 11.2 Å². The second-order valence-electron chi connectivity index (χ2n) is 4.49. The molecule has 2 heterocycles. The molecule has 0 aliphatic rings. The fourth-order valence-electron chi connectivity index (χ4n) is 2.13. The molecule has 0 unspecified atom stereocenters. The van der Waals surface area contributed by atoms with Crippen molar-refractivity contribution in [3.05, 3.63) is 39.8 Å². The van der Waals surface area contributed by atoms with E-state index in [-0.39, 0.29) is 11.2 Å². The van der Waals surface area contributed by atoms with E-state index in [2.05, 4.69) is 11.6 Å². The quantitative estimate of drug-likeness (QED) is 0.752. The SMILES string of the molecule is C=CCCn1cnc2c1c(=O)n(C)c(=O)n2CCC. The van der Waals surface area contributed by atoms with Gasteiger partial charge in [-0.1, -0.05) is 13.0 Å². The van der Waals surface area contributed by atoms with E-state index in [4.69, 9.17) is 0 Å². The first kappa shape index (κ1) is 13.3. The molecule has 0 radical (unpaired) electrons. The fraction of sp³-hybridized carbons (Fsp3) is 0.462. The summed E-state index contributed by atoms with van der Waals surface area (Å²) >= 11 is 0. The first-order valence-electron chi connectivity index (χ1n) is 6.37. The number of imidazole rings is 1. The standard InChI is InChI=1S/C13H18N4O2/c1-4-6-8-16-9-14-11-10(16)12(18)15(3)13(19)17(11)7-5-2/h4,9H,1,5-8H2,2-3H3. The third-order valence-electron chi connectivity index (χ3n) is 3.12. The minimum Gasteiger partial charge on any atom is -0.324 e. The molecule has 2 aromatic heterocycles. The summed E-state index contributed by atoms with van der Waals surface area (Å²) in [6, 6.07) is 0. The molecule has 0 aromatic carbocycles. The van der Waals surface area contributed by atoms with Crippen LogP contribution in [0.4, 0.5) is 0 Å². The zero-order valence-electron chi connectivity index (χ0n) is 11.3. The minimum atomic E-state index is -0.312. The van der Waals surface area contributed by atoms with Gasteiger partial charge in [0.1, 0.15) is 0 Å². The summed E-state index contributed by atoms with van der Waals surface area (Å²) in [5, 5.41) is 0. The molecular formula is C13H18N4O2. The van der Waals surface area contributed by atoms with Crippen molar-refractivity contribution >= 4 is 11.2 Å². The maximum Gasteiger partial charge on any atom is 0.332 e. The molecule has 0 saturated carbocycles. The van der Waals surface area contributed by atoms with E-state index >= 15 is 0 Å². The molecule has 0 spiro atoms. The van der Waals surface area contributed by atoms with Gasteiger partial charge in [0.2, 0.25) is 0 Å². The van der Waals surface area contributed by atoms with E-state index in [9.17, 15) is 9.59 Å². The van der Waals surface area contributed by atoms with Gasteiger partial charge in [0.25, 0.3) is 5.56 Å². The van der Waals surface area contributed by atoms with Gasteiger partial charge in [0.05, 0.1) is 6.33 Å². The van der Waals surface area contributed by atoms with Crippen molar-refractivity contribution in [3.8, 4) is 0 Å². The first-order valence-corrected chi connectivity index (χ1v) is 6.37. The summed E-state index contributed by atoms with van der Waals surface area (Å²) in [5.74, 6) is 0. The van der Waals surface area contributed by atoms with Crippen molar-refractivity contribution < 1.29 is 0 Å². The molecule has 6 heteroatoms. The number of nitrogens with zero attached hydrogens (tertiary/aromatic N) is 4. The third kappa shape index (κ3) is 2.14. The number of aryl methyl sites for hydroxylation is 2. The van der Waals surface area contributed by atoms with Crippen LogP contribution in [0.1, 0.15) is 19.8 Å². The lowest BCUT2D eigenvalue weighted by molar-refractivity contribution is 0.608. The van der Waals surface area contributed by atoms with Gasteiger partial charge >= 0.3 is 5.69 Å². The predicted octanol–water partition coefficient (Wildman–Crippen LogP) is 0.883. The molecule has 0 N–H and O–H groups in total. The zero-order valence-corrected chi connectivity index (χ0v) is 11.3. The van der Waals surface area contributed by atoms with Crippen LogP contribution in [0, 0.1) is 0 Å². The van der Waals surface area contributed by atoms with Crippen LogP contribution in [0.3, 0.4) is 0 Å². The summed E-state index contributed by atoms with van der Waals surface area (Å²) in [7, 11) is 1.50. The van der Waals surface area contributed by atoms with Gasteiger partial charge in [0.15, 0.2) is 11.2 Å². The van der Waals surface area contributed by atoms with Gasteiger partial charge in [-0.15, -0.1) is 6.58 Å². The Kier molecular flexibility index (Phi) is 3.69. The summed E-state index contributed by atoms with van der Waals surface area (Å²) in [6.45, 7) is 6.85. The molecule has 0 atom stereocenters. The van der Waals surface area contributed by atoms with Gasteiger partial charge in [0, 0.05) is 20.1 Å². The van der Waals surface area contributed by atoms with E-state index in [1.54, 1.807) is 21.5 Å². The van der Waals surface area contributed by atoms with Crippen LogP contribution < -0.4 is 11.2 Å². The molecule has 2 rings (SSSR count). The number of aromatic nitrogens is 4. The van der Waals surface area contributed by atoms with Crippen LogP contribution in [0.2, 0.25) is 0 Å². The molecule has 2 aromatic rings. The Morgan fingerprint density at radius 3 is 2.74 bits per heavy atom. The molecule has 0 aliphatic heterocycles. The molecule has 0 fully saturated rings. The fourth-order valence-corrected chi connectivity index (χ4v) is 2.13. The van der Waals surface area contributed by atoms with E-state index < -0.39 is 0 Å². The normalized spacial score (nSPS) is 11.1. The van der Waals surface area contributed by atoms with Crippen molar-refractivity contribution in [3.63, 3.8) is 0 Å². The van der Waals surface area contributed by atoms with Crippen LogP contribution in [-0.2, 0) is 20.1 Å². The Balaban J connectivity index is 2.76. The largest absolute Gasteiger partial charge is 0.332 e. The lowest BCUT2D eigenvalue weighted by Crippen LogP contribution is -2.38. The molecule has 0 amide bonds. The van der Waals surface area contributed by atoms with Gasteiger partial charge in [-0.25, -0.2) is 9.78 Å². The lowest BCUT2D eigenvalue weighted by atomic mass is 10.4. The van der Waals surface area contributed by atoms with Crippen molar-refractivity contribution in [2.24, 2.45) is 7.05 Å². The number of allylic oxidation sites excluding steroid dienone is 1. The Labute approximate surface area is 110 Å². The smallest absolute Gasteiger partial charge is 0.324 e. The Morgan fingerprint density at radius 2 is 2.11 bits per heavy atom. The average Bonchev–Trinajstić information content (AvgIpc) is 2.82. The molecule has 102 valence electrons. The van der Waals surface area contributed by atoms with Crippen molar-refractivity contribution in [1.29, 1.82) is 0 Å². The molecule has 19 heavy (non-hydrogen) atoms. The zero-order chi connectivity index (χ0) is 14.0. The van der Waals surface area contributed by atoms with E-state index in [1.807, 2.05) is 6.92 Å². The average molecular weight is 262 g/mol. The van der Waals surface area contributed by atoms with E-state index in [1.165, 1.54) is 7.05 Å². The monoisotopic (exact) mass is 262 g/mol. The second kappa shape index (κ2) is 5.26. The van der Waals surface area contributed by atoms with Gasteiger partial charge in [-0.05, 0) is 12.8 Å². The predicted molar refractivity (Wildman–Crippen MR) is 74.3 cm³/mol. The highest BCUT2D eigenvalue weighted by atomic mass is 16.2. The van der Waals surface area contributed by atoms with Crippen LogP contribution in [-0.4, -0.2) is 18.7 Å². The van der Waals surface area contributed by atoms with Crippen LogP contribution >= 0.6 is 0 Å². The van der Waals surface area contributed by atoms with Crippen LogP contribution in [0.15, 0.2) is 28.6 Å². The van der Waals surface area contributed by atoms with Crippen LogP contribution in [0.5, 0.6) is 0 Å². The highest BCUT2D eigenvalue weighted by Gasteiger charge is 2.15. The topological polar surface area (TPSA) is 61.8 Å². The van der Waals surface area contributed by atoms with Crippen molar-refractivity contribution in [1.82, 2.24) is 18.7 Å². The summed E-state index contributed by atoms with van der Waals surface area (Å²) in [6.07, 6.45) is 4.97. The number of hydrogen-bond donors (Lipinski definition) is 0. The molecular weight excluding hydrogens is 244 g/mol. The van der Waals surface area contributed by atoms with E-state index in [0.29, 0.717) is 24.3 Å². The van der Waals surface area contributed by atoms with Gasteiger partial charge in [-0.2, -0.15) is 0 Å². The lowest BCUT2D eigenvalue weighted by Gasteiger charge is -2.08. The summed E-state index contributed by atoms with van der Waals surface area (Å²) in [5.41, 5.74) is 0.346. The Bertz CT molecular complexity index is 721. The Morgan fingerprint density at radius 1 is 1.37 bits per heavy atom. The maximum atomic E-state index is 12.2. The Hall–Kier alpha value is -2.11. The molecule has 0 bridgehead atoms.